The summed E-state index contributed by atoms with van der Waals surface area (Å²) in [5.74, 6) is 1.76. The van der Waals surface area contributed by atoms with E-state index in [2.05, 4.69) is 11.4 Å². The quantitative estimate of drug-likeness (QED) is 0.582. The summed E-state index contributed by atoms with van der Waals surface area (Å²) >= 11 is 5.82. The Hall–Kier alpha value is -2.20. The van der Waals surface area contributed by atoms with Crippen LogP contribution in [-0.4, -0.2) is 25.7 Å². The molecule has 0 heterocycles. The molecule has 0 aromatic heterocycles. The van der Waals surface area contributed by atoms with Crippen molar-refractivity contribution < 1.29 is 14.3 Å². The molecule has 2 aromatic rings. The summed E-state index contributed by atoms with van der Waals surface area (Å²) in [6.45, 7) is 3.81. The average molecular weight is 376 g/mol. The molecule has 2 aromatic carbocycles. The fourth-order valence-electron chi connectivity index (χ4n) is 2.56. The lowest BCUT2D eigenvalue weighted by Gasteiger charge is -2.10. The van der Waals surface area contributed by atoms with E-state index >= 15 is 0 Å². The summed E-state index contributed by atoms with van der Waals surface area (Å²) in [6, 6.07) is 15.3. The second-order valence-electron chi connectivity index (χ2n) is 5.90. The summed E-state index contributed by atoms with van der Waals surface area (Å²) in [7, 11) is 0. The first-order chi connectivity index (χ1) is 12.7. The average Bonchev–Trinajstić information content (AvgIpc) is 2.65. The number of aryl methyl sites for hydroxylation is 1. The van der Waals surface area contributed by atoms with Crippen molar-refractivity contribution in [2.24, 2.45) is 0 Å². The first kappa shape index (κ1) is 20.1. The largest absolute Gasteiger partial charge is 0.494 e. The molecule has 0 atom stereocenters. The number of rotatable bonds is 11. The minimum Gasteiger partial charge on any atom is -0.494 e. The fraction of sp³-hybridized carbons (Fsp3) is 0.381. The lowest BCUT2D eigenvalue weighted by Crippen LogP contribution is -2.25. The summed E-state index contributed by atoms with van der Waals surface area (Å²) in [5.41, 5.74) is 1.18. The van der Waals surface area contributed by atoms with Crippen LogP contribution >= 0.6 is 11.6 Å². The van der Waals surface area contributed by atoms with Gasteiger partial charge in [-0.3, -0.25) is 4.79 Å². The highest BCUT2D eigenvalue weighted by Gasteiger charge is 2.04. The molecule has 0 saturated carbocycles. The van der Waals surface area contributed by atoms with Crippen LogP contribution in [0, 0.1) is 0 Å². The molecule has 140 valence electrons. The maximum atomic E-state index is 11.9. The highest BCUT2D eigenvalue weighted by Crippen LogP contribution is 2.19. The number of carbonyl (C=O) groups is 1. The molecule has 4 nitrogen and oxygen atoms in total. The number of amides is 1. The van der Waals surface area contributed by atoms with Gasteiger partial charge in [0.05, 0.1) is 13.2 Å². The minimum atomic E-state index is 0.0581. The van der Waals surface area contributed by atoms with Gasteiger partial charge in [-0.2, -0.15) is 0 Å². The van der Waals surface area contributed by atoms with Crippen LogP contribution in [0.4, 0.5) is 0 Å². The van der Waals surface area contributed by atoms with Crippen LogP contribution in [0.15, 0.2) is 48.5 Å². The third-order valence-electron chi connectivity index (χ3n) is 3.85. The van der Waals surface area contributed by atoms with Crippen LogP contribution < -0.4 is 14.8 Å². The second kappa shape index (κ2) is 11.4. The van der Waals surface area contributed by atoms with E-state index in [-0.39, 0.29) is 5.91 Å². The molecule has 26 heavy (non-hydrogen) atoms. The molecule has 0 spiro atoms. The standard InChI is InChI=1S/C21H26ClNO3/c1-2-25-20-9-4-3-7-17(20)8-5-15-23-21(24)10-6-16-26-19-13-11-18(22)12-14-19/h3-4,7,9,11-14H,2,5-6,8,10,15-16H2,1H3,(H,23,24). The monoisotopic (exact) mass is 375 g/mol. The Bertz CT molecular complexity index is 673. The summed E-state index contributed by atoms with van der Waals surface area (Å²) < 4.78 is 11.2. The van der Waals surface area contributed by atoms with Crippen LogP contribution in [-0.2, 0) is 11.2 Å². The van der Waals surface area contributed by atoms with Crippen molar-refractivity contribution in [1.29, 1.82) is 0 Å². The van der Waals surface area contributed by atoms with Gasteiger partial charge < -0.3 is 14.8 Å². The van der Waals surface area contributed by atoms with E-state index in [9.17, 15) is 4.79 Å². The summed E-state index contributed by atoms with van der Waals surface area (Å²) in [6.07, 6.45) is 2.91. The van der Waals surface area contributed by atoms with Gasteiger partial charge in [-0.25, -0.2) is 0 Å². The number of carbonyl (C=O) groups excluding carboxylic acids is 1. The van der Waals surface area contributed by atoms with E-state index in [1.54, 1.807) is 12.1 Å². The Balaban J connectivity index is 1.57. The van der Waals surface area contributed by atoms with Crippen molar-refractivity contribution in [2.45, 2.75) is 32.6 Å². The van der Waals surface area contributed by atoms with E-state index in [1.807, 2.05) is 37.3 Å². The molecule has 1 N–H and O–H groups in total. The van der Waals surface area contributed by atoms with Crippen molar-refractivity contribution in [3.8, 4) is 11.5 Å². The number of para-hydroxylation sites is 1. The Labute approximate surface area is 160 Å². The number of nitrogens with one attached hydrogen (secondary N) is 1. The van der Waals surface area contributed by atoms with Gasteiger partial charge in [-0.15, -0.1) is 0 Å². The Morgan fingerprint density at radius 3 is 2.58 bits per heavy atom. The maximum absolute atomic E-state index is 11.9. The second-order valence-corrected chi connectivity index (χ2v) is 6.34. The van der Waals surface area contributed by atoms with Crippen molar-refractivity contribution in [2.75, 3.05) is 19.8 Å². The van der Waals surface area contributed by atoms with E-state index in [0.29, 0.717) is 37.6 Å². The fourth-order valence-corrected chi connectivity index (χ4v) is 2.68. The van der Waals surface area contributed by atoms with E-state index in [1.165, 1.54) is 5.56 Å². The topological polar surface area (TPSA) is 47.6 Å². The van der Waals surface area contributed by atoms with Gasteiger partial charge in [0.25, 0.3) is 0 Å². The van der Waals surface area contributed by atoms with Gasteiger partial charge in [0.2, 0.25) is 5.91 Å². The van der Waals surface area contributed by atoms with Gasteiger partial charge in [0.15, 0.2) is 0 Å². The van der Waals surface area contributed by atoms with Gasteiger partial charge in [0.1, 0.15) is 11.5 Å². The summed E-state index contributed by atoms with van der Waals surface area (Å²) in [5, 5.41) is 3.64. The highest BCUT2D eigenvalue weighted by molar-refractivity contribution is 6.30. The number of hydrogen-bond acceptors (Lipinski definition) is 3. The molecular weight excluding hydrogens is 350 g/mol. The van der Waals surface area contributed by atoms with Crippen molar-refractivity contribution >= 4 is 17.5 Å². The van der Waals surface area contributed by atoms with Gasteiger partial charge >= 0.3 is 0 Å². The predicted octanol–water partition coefficient (Wildman–Crippen LogP) is 4.65. The van der Waals surface area contributed by atoms with Crippen molar-refractivity contribution in [3.63, 3.8) is 0 Å². The van der Waals surface area contributed by atoms with Crippen LogP contribution in [0.25, 0.3) is 0 Å². The molecule has 2 rings (SSSR count). The third-order valence-corrected chi connectivity index (χ3v) is 4.10. The zero-order valence-electron chi connectivity index (χ0n) is 15.2. The molecule has 0 fully saturated rings. The lowest BCUT2D eigenvalue weighted by molar-refractivity contribution is -0.121. The molecule has 0 bridgehead atoms. The van der Waals surface area contributed by atoms with Crippen LogP contribution in [0.1, 0.15) is 31.7 Å². The molecule has 0 aliphatic carbocycles. The van der Waals surface area contributed by atoms with E-state index < -0.39 is 0 Å². The molecule has 0 aliphatic heterocycles. The number of halogens is 1. The van der Waals surface area contributed by atoms with E-state index in [0.717, 1.165) is 24.3 Å². The Morgan fingerprint density at radius 2 is 1.81 bits per heavy atom. The van der Waals surface area contributed by atoms with Crippen molar-refractivity contribution in [3.05, 3.63) is 59.1 Å². The number of benzene rings is 2. The van der Waals surface area contributed by atoms with Crippen molar-refractivity contribution in [1.82, 2.24) is 5.32 Å². The van der Waals surface area contributed by atoms with Crippen LogP contribution in [0.3, 0.4) is 0 Å². The van der Waals surface area contributed by atoms with E-state index in [4.69, 9.17) is 21.1 Å². The zero-order valence-corrected chi connectivity index (χ0v) is 15.9. The van der Waals surface area contributed by atoms with Gasteiger partial charge in [-0.05, 0) is 62.1 Å². The molecule has 5 heteroatoms. The first-order valence-electron chi connectivity index (χ1n) is 9.05. The number of ether oxygens (including phenoxy) is 2. The van der Waals surface area contributed by atoms with Crippen LogP contribution in [0.5, 0.6) is 11.5 Å². The first-order valence-corrected chi connectivity index (χ1v) is 9.42. The smallest absolute Gasteiger partial charge is 0.220 e. The Kier molecular flexibility index (Phi) is 8.84. The highest BCUT2D eigenvalue weighted by atomic mass is 35.5. The Morgan fingerprint density at radius 1 is 1.04 bits per heavy atom. The number of hydrogen-bond donors (Lipinski definition) is 1. The molecule has 0 radical (unpaired) electrons. The normalized spacial score (nSPS) is 10.4. The third kappa shape index (κ3) is 7.36. The molecular formula is C21H26ClNO3. The SMILES string of the molecule is CCOc1ccccc1CCCNC(=O)CCCOc1ccc(Cl)cc1. The lowest BCUT2D eigenvalue weighted by atomic mass is 10.1. The molecule has 1 amide bonds. The zero-order chi connectivity index (χ0) is 18.6. The van der Waals surface area contributed by atoms with Gasteiger partial charge in [-0.1, -0.05) is 29.8 Å². The predicted molar refractivity (Wildman–Crippen MR) is 105 cm³/mol. The van der Waals surface area contributed by atoms with Gasteiger partial charge in [0, 0.05) is 18.0 Å². The van der Waals surface area contributed by atoms with Crippen LogP contribution in [0.2, 0.25) is 5.02 Å². The molecule has 0 saturated heterocycles. The maximum Gasteiger partial charge on any atom is 0.220 e. The minimum absolute atomic E-state index is 0.0581. The molecule has 0 unspecified atom stereocenters. The molecule has 0 aliphatic rings. The summed E-state index contributed by atoms with van der Waals surface area (Å²) in [4.78, 5) is 11.9.